The fourth-order valence-corrected chi connectivity index (χ4v) is 3.37. The lowest BCUT2D eigenvalue weighted by Crippen LogP contribution is -2.23. The number of nitrogens with one attached hydrogen (secondary N) is 2. The van der Waals surface area contributed by atoms with E-state index >= 15 is 0 Å². The number of fused-ring (bicyclic) bond motifs is 1. The number of hydrogen-bond donors (Lipinski definition) is 2. The van der Waals surface area contributed by atoms with E-state index in [0.717, 1.165) is 30.9 Å². The molecule has 28 heavy (non-hydrogen) atoms. The molecule has 1 atom stereocenters. The summed E-state index contributed by atoms with van der Waals surface area (Å²) in [6, 6.07) is 7.83. The molecule has 0 saturated carbocycles. The summed E-state index contributed by atoms with van der Waals surface area (Å²) in [5, 5.41) is 3.05. The highest BCUT2D eigenvalue weighted by Crippen LogP contribution is 2.30. The van der Waals surface area contributed by atoms with Gasteiger partial charge in [-0.15, -0.1) is 0 Å². The second-order valence-electron chi connectivity index (χ2n) is 6.68. The maximum Gasteiger partial charge on any atom is 0.451 e. The standard InChI is InChI=1S/C18H19F3N6O/c1-28-13-4-2-3-12(7-13)27-6-5-11(9-27)8-22-15-14-16(24-10-23-14)26-17(25-15)18(19,20)21/h2-4,7,10-11H,5-6,8-9H2,1H3,(H2,22,23,24,25,26). The summed E-state index contributed by atoms with van der Waals surface area (Å²) in [6.45, 7) is 2.17. The number of ether oxygens (including phenoxy) is 1. The predicted molar refractivity (Wildman–Crippen MR) is 98.5 cm³/mol. The van der Waals surface area contributed by atoms with Gasteiger partial charge in [0.05, 0.1) is 13.4 Å². The van der Waals surface area contributed by atoms with Crippen molar-refractivity contribution in [3.63, 3.8) is 0 Å². The molecular weight excluding hydrogens is 373 g/mol. The molecule has 2 aromatic heterocycles. The van der Waals surface area contributed by atoms with Crippen LogP contribution in [-0.4, -0.2) is 46.7 Å². The van der Waals surface area contributed by atoms with Gasteiger partial charge in [0.15, 0.2) is 11.5 Å². The van der Waals surface area contributed by atoms with Crippen LogP contribution in [0.15, 0.2) is 30.6 Å². The van der Waals surface area contributed by atoms with Gasteiger partial charge in [0.2, 0.25) is 5.82 Å². The zero-order valence-electron chi connectivity index (χ0n) is 15.1. The number of alkyl halides is 3. The number of H-pyrrole nitrogens is 1. The molecule has 10 heteroatoms. The normalized spacial score (nSPS) is 17.3. The van der Waals surface area contributed by atoms with Crippen molar-refractivity contribution in [2.75, 3.05) is 37.0 Å². The van der Waals surface area contributed by atoms with Crippen LogP contribution in [0.5, 0.6) is 5.75 Å². The highest BCUT2D eigenvalue weighted by molar-refractivity contribution is 5.82. The van der Waals surface area contributed by atoms with Crippen LogP contribution in [0, 0.1) is 5.92 Å². The predicted octanol–water partition coefficient (Wildman–Crippen LogP) is 3.32. The van der Waals surface area contributed by atoms with Crippen LogP contribution < -0.4 is 15.0 Å². The smallest absolute Gasteiger partial charge is 0.451 e. The van der Waals surface area contributed by atoms with Gasteiger partial charge in [-0.25, -0.2) is 15.0 Å². The van der Waals surface area contributed by atoms with E-state index in [0.29, 0.717) is 12.1 Å². The van der Waals surface area contributed by atoms with Gasteiger partial charge in [-0.3, -0.25) is 0 Å². The highest BCUT2D eigenvalue weighted by Gasteiger charge is 2.36. The van der Waals surface area contributed by atoms with Gasteiger partial charge in [-0.1, -0.05) is 6.07 Å². The first kappa shape index (κ1) is 18.3. The number of halogens is 3. The maximum atomic E-state index is 13.0. The molecular formula is C18H19F3N6O. The molecule has 1 aromatic carbocycles. The van der Waals surface area contributed by atoms with Gasteiger partial charge >= 0.3 is 6.18 Å². The molecule has 0 bridgehead atoms. The summed E-state index contributed by atoms with van der Waals surface area (Å²) >= 11 is 0. The number of aromatic amines is 1. The Morgan fingerprint density at radius 3 is 2.96 bits per heavy atom. The molecule has 3 heterocycles. The molecule has 1 aliphatic heterocycles. The third-order valence-electron chi connectivity index (χ3n) is 4.80. The van der Waals surface area contributed by atoms with Gasteiger partial charge in [0.25, 0.3) is 0 Å². The van der Waals surface area contributed by atoms with Crippen LogP contribution in [-0.2, 0) is 6.18 Å². The van der Waals surface area contributed by atoms with E-state index in [-0.39, 0.29) is 17.4 Å². The van der Waals surface area contributed by atoms with Gasteiger partial charge < -0.3 is 19.9 Å². The Hall–Kier alpha value is -3.04. The van der Waals surface area contributed by atoms with Crippen molar-refractivity contribution >= 4 is 22.7 Å². The van der Waals surface area contributed by atoms with Gasteiger partial charge in [0, 0.05) is 31.4 Å². The molecule has 4 rings (SSSR count). The number of imidazole rings is 1. The topological polar surface area (TPSA) is 79.0 Å². The zero-order valence-corrected chi connectivity index (χ0v) is 15.1. The minimum atomic E-state index is -4.62. The van der Waals surface area contributed by atoms with Crippen LogP contribution in [0.4, 0.5) is 24.7 Å². The molecule has 148 valence electrons. The third kappa shape index (κ3) is 3.67. The van der Waals surface area contributed by atoms with Crippen molar-refractivity contribution in [2.24, 2.45) is 5.92 Å². The molecule has 0 spiro atoms. The average Bonchev–Trinajstić information content (AvgIpc) is 3.34. The molecule has 7 nitrogen and oxygen atoms in total. The summed E-state index contributed by atoms with van der Waals surface area (Å²) in [5.41, 5.74) is 1.43. The first-order valence-electron chi connectivity index (χ1n) is 8.85. The Morgan fingerprint density at radius 2 is 2.18 bits per heavy atom. The van der Waals surface area contributed by atoms with E-state index in [2.05, 4.69) is 30.2 Å². The maximum absolute atomic E-state index is 13.0. The minimum absolute atomic E-state index is 0.00532. The molecule has 0 aliphatic carbocycles. The van der Waals surface area contributed by atoms with Crippen molar-refractivity contribution in [3.05, 3.63) is 36.4 Å². The van der Waals surface area contributed by atoms with E-state index in [9.17, 15) is 13.2 Å². The van der Waals surface area contributed by atoms with E-state index in [1.807, 2.05) is 24.3 Å². The second-order valence-corrected chi connectivity index (χ2v) is 6.68. The van der Waals surface area contributed by atoms with Crippen molar-refractivity contribution in [2.45, 2.75) is 12.6 Å². The molecule has 1 fully saturated rings. The van der Waals surface area contributed by atoms with Crippen LogP contribution in [0.2, 0.25) is 0 Å². The Balaban J connectivity index is 1.46. The molecule has 0 amide bonds. The lowest BCUT2D eigenvalue weighted by Gasteiger charge is -2.19. The Bertz CT molecular complexity index is 973. The fraction of sp³-hybridized carbons (Fsp3) is 0.389. The van der Waals surface area contributed by atoms with Gasteiger partial charge in [-0.05, 0) is 24.5 Å². The van der Waals surface area contributed by atoms with Crippen molar-refractivity contribution < 1.29 is 17.9 Å². The van der Waals surface area contributed by atoms with E-state index in [4.69, 9.17) is 4.74 Å². The van der Waals surface area contributed by atoms with Crippen molar-refractivity contribution in [1.82, 2.24) is 19.9 Å². The Kier molecular flexibility index (Phi) is 4.70. The van der Waals surface area contributed by atoms with E-state index in [1.54, 1.807) is 7.11 Å². The largest absolute Gasteiger partial charge is 0.497 e. The third-order valence-corrected chi connectivity index (χ3v) is 4.80. The molecule has 0 radical (unpaired) electrons. The lowest BCUT2D eigenvalue weighted by molar-refractivity contribution is -0.144. The highest BCUT2D eigenvalue weighted by atomic mass is 19.4. The first-order chi connectivity index (χ1) is 13.4. The minimum Gasteiger partial charge on any atom is -0.497 e. The summed E-state index contributed by atoms with van der Waals surface area (Å²) in [7, 11) is 1.63. The Morgan fingerprint density at radius 1 is 1.32 bits per heavy atom. The molecule has 1 aliphatic rings. The Labute approximate surface area is 159 Å². The summed E-state index contributed by atoms with van der Waals surface area (Å²) < 4.78 is 44.4. The molecule has 2 N–H and O–H groups in total. The summed E-state index contributed by atoms with van der Waals surface area (Å²) in [4.78, 5) is 16.0. The first-order valence-corrected chi connectivity index (χ1v) is 8.85. The van der Waals surface area contributed by atoms with Crippen molar-refractivity contribution in [3.8, 4) is 5.75 Å². The zero-order chi connectivity index (χ0) is 19.7. The summed E-state index contributed by atoms with van der Waals surface area (Å²) in [6.07, 6.45) is -2.39. The fourth-order valence-electron chi connectivity index (χ4n) is 3.37. The second kappa shape index (κ2) is 7.17. The number of hydrogen-bond acceptors (Lipinski definition) is 6. The monoisotopic (exact) mass is 392 g/mol. The van der Waals surface area contributed by atoms with Crippen LogP contribution >= 0.6 is 0 Å². The molecule has 1 saturated heterocycles. The SMILES string of the molecule is COc1cccc(N2CCC(CNc3nc(C(F)(F)F)nc4nc[nH]c34)C2)c1. The van der Waals surface area contributed by atoms with E-state index in [1.165, 1.54) is 6.33 Å². The number of aromatic nitrogens is 4. The number of methoxy groups -OCH3 is 1. The van der Waals surface area contributed by atoms with Crippen LogP contribution in [0.1, 0.15) is 12.2 Å². The van der Waals surface area contributed by atoms with Crippen LogP contribution in [0.25, 0.3) is 11.2 Å². The summed E-state index contributed by atoms with van der Waals surface area (Å²) in [5.74, 6) is -0.0106. The number of benzene rings is 1. The molecule has 3 aromatic rings. The average molecular weight is 392 g/mol. The van der Waals surface area contributed by atoms with Crippen molar-refractivity contribution in [1.29, 1.82) is 0 Å². The van der Waals surface area contributed by atoms with Crippen LogP contribution in [0.3, 0.4) is 0 Å². The lowest BCUT2D eigenvalue weighted by atomic mass is 10.1. The van der Waals surface area contributed by atoms with Gasteiger partial charge in [-0.2, -0.15) is 13.2 Å². The van der Waals surface area contributed by atoms with Gasteiger partial charge in [0.1, 0.15) is 11.3 Å². The molecule has 1 unspecified atom stereocenters. The quantitative estimate of drug-likeness (QED) is 0.694. The number of nitrogens with zero attached hydrogens (tertiary/aromatic N) is 4. The number of anilines is 2. The van der Waals surface area contributed by atoms with E-state index < -0.39 is 12.0 Å². The number of rotatable bonds is 5.